The Morgan fingerprint density at radius 3 is 2.50 bits per heavy atom. The van der Waals surface area contributed by atoms with Gasteiger partial charge in [-0.3, -0.25) is 0 Å². The molecule has 1 fully saturated rings. The lowest BCUT2D eigenvalue weighted by atomic mass is 10.0. The molecule has 0 spiro atoms. The lowest BCUT2D eigenvalue weighted by Gasteiger charge is -2.29. The van der Waals surface area contributed by atoms with Crippen LogP contribution in [0.4, 0.5) is 5.69 Å². The van der Waals surface area contributed by atoms with Crippen LogP contribution in [-0.2, 0) is 9.09 Å². The van der Waals surface area contributed by atoms with E-state index in [2.05, 4.69) is 5.32 Å². The lowest BCUT2D eigenvalue weighted by Crippen LogP contribution is -2.50. The molecule has 0 saturated carbocycles. The Balaban J connectivity index is 2.08. The van der Waals surface area contributed by atoms with Crippen LogP contribution in [0.2, 0.25) is 0 Å². The van der Waals surface area contributed by atoms with E-state index in [1.165, 1.54) is 0 Å². The summed E-state index contributed by atoms with van der Waals surface area (Å²) >= 11 is 0. The van der Waals surface area contributed by atoms with Gasteiger partial charge in [0.2, 0.25) is 0 Å². The molecule has 0 amide bonds. The van der Waals surface area contributed by atoms with E-state index in [4.69, 9.17) is 9.63 Å². The minimum absolute atomic E-state index is 0.135. The number of aryl methyl sites for hydroxylation is 1. The summed E-state index contributed by atoms with van der Waals surface area (Å²) < 4.78 is 17.2. The maximum Gasteiger partial charge on any atom is 0.536 e. The smallest absolute Gasteiger partial charge is 0.396 e. The van der Waals surface area contributed by atoms with Crippen LogP contribution in [0.25, 0.3) is 0 Å². The normalized spacial score (nSPS) is 32.1. The highest BCUT2D eigenvalue weighted by Crippen LogP contribution is 2.41. The van der Waals surface area contributed by atoms with Crippen LogP contribution in [0.1, 0.15) is 12.0 Å². The minimum atomic E-state index is -2.19. The number of nitrogens with one attached hydrogen (secondary N) is 1. The fourth-order valence-corrected chi connectivity index (χ4v) is 3.41. The van der Waals surface area contributed by atoms with Gasteiger partial charge in [0.25, 0.3) is 5.78 Å². The Morgan fingerprint density at radius 1 is 1.25 bits per heavy atom. The van der Waals surface area contributed by atoms with Crippen LogP contribution in [0.15, 0.2) is 24.3 Å². The van der Waals surface area contributed by atoms with Crippen molar-refractivity contribution < 1.29 is 24.4 Å². The van der Waals surface area contributed by atoms with Crippen LogP contribution in [0, 0.1) is 6.92 Å². The largest absolute Gasteiger partial charge is 0.536 e. The summed E-state index contributed by atoms with van der Waals surface area (Å²) in [6.45, 7) is 1.75. The molecule has 1 saturated heterocycles. The highest BCUT2D eigenvalue weighted by molar-refractivity contribution is 7.40. The number of hydrogen-bond acceptors (Lipinski definition) is 6. The average molecular weight is 300 g/mol. The Morgan fingerprint density at radius 2 is 1.90 bits per heavy atom. The molecule has 5 unspecified atom stereocenters. The summed E-state index contributed by atoms with van der Waals surface area (Å²) in [6.07, 6.45) is -3.08. The molecule has 20 heavy (non-hydrogen) atoms. The molecule has 6 nitrogen and oxygen atoms in total. The van der Waals surface area contributed by atoms with Crippen LogP contribution < -0.4 is 5.32 Å². The van der Waals surface area contributed by atoms with Crippen molar-refractivity contribution in [3.63, 3.8) is 0 Å². The topological polar surface area (TPSA) is 99.0 Å². The van der Waals surface area contributed by atoms with E-state index in [-0.39, 0.29) is 13.0 Å². The molecule has 0 bridgehead atoms. The Kier molecular flexibility index (Phi) is 5.07. The van der Waals surface area contributed by atoms with Gasteiger partial charge in [0.15, 0.2) is 6.10 Å². The number of aliphatic hydroxyl groups is 3. The van der Waals surface area contributed by atoms with Crippen molar-refractivity contribution in [2.45, 2.75) is 37.4 Å². The number of rotatable bonds is 4. The average Bonchev–Trinajstić information content (AvgIpc) is 2.43. The quantitative estimate of drug-likeness (QED) is 0.619. The summed E-state index contributed by atoms with van der Waals surface area (Å²) in [5, 5.41) is 31.8. The molecule has 4 N–H and O–H groups in total. The highest BCUT2D eigenvalue weighted by Gasteiger charge is 2.53. The van der Waals surface area contributed by atoms with Crippen molar-refractivity contribution >= 4 is 13.7 Å². The van der Waals surface area contributed by atoms with Crippen LogP contribution in [0.3, 0.4) is 0 Å². The van der Waals surface area contributed by atoms with Crippen LogP contribution in [0.5, 0.6) is 0 Å². The minimum Gasteiger partial charge on any atom is -0.396 e. The van der Waals surface area contributed by atoms with Gasteiger partial charge in [-0.15, -0.1) is 4.52 Å². The standard InChI is InChI=1S/C13H19NO5P/c1-8-2-4-9(5-3-8)14-13-12(17)11(16)10(6-7-15)19-20(13)18/h2-5,10-17H,6-7H2,1H3/q+1. The van der Waals surface area contributed by atoms with E-state index in [0.29, 0.717) is 5.69 Å². The fourth-order valence-electron chi connectivity index (χ4n) is 2.10. The van der Waals surface area contributed by atoms with E-state index < -0.39 is 32.1 Å². The molecule has 1 aliphatic heterocycles. The van der Waals surface area contributed by atoms with E-state index >= 15 is 0 Å². The maximum atomic E-state index is 12.0. The van der Waals surface area contributed by atoms with Gasteiger partial charge in [-0.1, -0.05) is 17.7 Å². The monoisotopic (exact) mass is 300 g/mol. The molecule has 5 atom stereocenters. The van der Waals surface area contributed by atoms with Crippen molar-refractivity contribution in [1.29, 1.82) is 0 Å². The lowest BCUT2D eigenvalue weighted by molar-refractivity contribution is -0.0685. The van der Waals surface area contributed by atoms with E-state index in [1.807, 2.05) is 19.1 Å². The van der Waals surface area contributed by atoms with E-state index in [9.17, 15) is 14.8 Å². The SMILES string of the molecule is Cc1ccc(NC2C(O)C(O)C(CCO)O[P+]2=O)cc1. The first-order valence-corrected chi connectivity index (χ1v) is 7.71. The number of hydrogen-bond donors (Lipinski definition) is 4. The predicted octanol–water partition coefficient (Wildman–Crippen LogP) is 0.978. The molecule has 2 rings (SSSR count). The zero-order valence-corrected chi connectivity index (χ0v) is 12.0. The van der Waals surface area contributed by atoms with Gasteiger partial charge >= 0.3 is 8.03 Å². The third-order valence-corrected chi connectivity index (χ3v) is 4.67. The summed E-state index contributed by atoms with van der Waals surface area (Å²) in [6, 6.07) is 7.38. The molecule has 1 aromatic rings. The van der Waals surface area contributed by atoms with Crippen LogP contribution in [-0.4, -0.2) is 46.0 Å². The summed E-state index contributed by atoms with van der Waals surface area (Å²) in [5.41, 5.74) is 1.78. The van der Waals surface area contributed by atoms with Gasteiger partial charge in [-0.25, -0.2) is 0 Å². The molecule has 0 radical (unpaired) electrons. The van der Waals surface area contributed by atoms with Crippen molar-refractivity contribution in [2.75, 3.05) is 11.9 Å². The highest BCUT2D eigenvalue weighted by atomic mass is 31.1. The maximum absolute atomic E-state index is 12.0. The van der Waals surface area contributed by atoms with Gasteiger partial charge in [-0.2, -0.15) is 0 Å². The van der Waals surface area contributed by atoms with E-state index in [1.54, 1.807) is 12.1 Å². The third-order valence-electron chi connectivity index (χ3n) is 3.30. The summed E-state index contributed by atoms with van der Waals surface area (Å²) in [4.78, 5) is 0. The summed E-state index contributed by atoms with van der Waals surface area (Å²) in [7, 11) is -2.19. The van der Waals surface area contributed by atoms with Gasteiger partial charge in [0.05, 0.1) is 0 Å². The second kappa shape index (κ2) is 6.61. The Labute approximate surface area is 118 Å². The third kappa shape index (κ3) is 3.34. The predicted molar refractivity (Wildman–Crippen MR) is 74.8 cm³/mol. The number of anilines is 1. The zero-order valence-electron chi connectivity index (χ0n) is 11.1. The van der Waals surface area contributed by atoms with Gasteiger partial charge in [0.1, 0.15) is 12.2 Å². The number of aliphatic hydroxyl groups excluding tert-OH is 3. The first kappa shape index (κ1) is 15.4. The number of benzene rings is 1. The van der Waals surface area contributed by atoms with E-state index in [0.717, 1.165) is 5.56 Å². The molecule has 1 aliphatic rings. The van der Waals surface area contributed by atoms with Gasteiger partial charge in [-0.05, 0) is 23.6 Å². The molecule has 1 heterocycles. The van der Waals surface area contributed by atoms with Crippen LogP contribution >= 0.6 is 8.03 Å². The molecule has 1 aromatic carbocycles. The van der Waals surface area contributed by atoms with Crippen molar-refractivity contribution in [2.24, 2.45) is 0 Å². The zero-order chi connectivity index (χ0) is 14.7. The second-order valence-corrected chi connectivity index (χ2v) is 6.22. The molecular weight excluding hydrogens is 281 g/mol. The van der Waals surface area contributed by atoms with Gasteiger partial charge in [0, 0.05) is 18.7 Å². The molecule has 110 valence electrons. The second-order valence-electron chi connectivity index (χ2n) is 4.88. The Bertz CT molecular complexity index is 466. The molecule has 0 aliphatic carbocycles. The Hall–Kier alpha value is -1.04. The van der Waals surface area contributed by atoms with Crippen molar-refractivity contribution in [3.8, 4) is 0 Å². The fraction of sp³-hybridized carbons (Fsp3) is 0.538. The van der Waals surface area contributed by atoms with Gasteiger partial charge < -0.3 is 20.6 Å². The van der Waals surface area contributed by atoms with Crippen molar-refractivity contribution in [3.05, 3.63) is 29.8 Å². The van der Waals surface area contributed by atoms with Crippen molar-refractivity contribution in [1.82, 2.24) is 0 Å². The molecular formula is C13H19NO5P+. The molecule has 0 aromatic heterocycles. The molecule has 7 heteroatoms. The summed E-state index contributed by atoms with van der Waals surface area (Å²) in [5.74, 6) is -0.877. The first-order chi connectivity index (χ1) is 9.52. The first-order valence-electron chi connectivity index (χ1n) is 6.46.